The highest BCUT2D eigenvalue weighted by Gasteiger charge is 2.20. The van der Waals surface area contributed by atoms with Crippen molar-refractivity contribution in [2.24, 2.45) is 5.73 Å². The second-order valence-corrected chi connectivity index (χ2v) is 3.98. The van der Waals surface area contributed by atoms with Crippen molar-refractivity contribution in [3.63, 3.8) is 0 Å². The molecule has 1 fully saturated rings. The van der Waals surface area contributed by atoms with Crippen molar-refractivity contribution in [1.82, 2.24) is 9.97 Å². The van der Waals surface area contributed by atoms with Crippen LogP contribution in [0.25, 0.3) is 0 Å². The molecule has 0 radical (unpaired) electrons. The van der Waals surface area contributed by atoms with Gasteiger partial charge in [-0.15, -0.1) is 0 Å². The molecule has 5 heteroatoms. The molecule has 1 aliphatic heterocycles. The molecule has 1 aromatic rings. The molecular formula is C9H13ClN4. The molecule has 14 heavy (non-hydrogen) atoms. The number of hydrogen-bond acceptors (Lipinski definition) is 4. The maximum absolute atomic E-state index is 5.86. The van der Waals surface area contributed by atoms with Crippen molar-refractivity contribution >= 4 is 17.4 Å². The highest BCUT2D eigenvalue weighted by Crippen LogP contribution is 2.19. The molecule has 1 atom stereocenters. The monoisotopic (exact) mass is 212 g/mol. The van der Waals surface area contributed by atoms with E-state index in [0.29, 0.717) is 11.0 Å². The van der Waals surface area contributed by atoms with Gasteiger partial charge in [-0.05, 0) is 13.3 Å². The Hall–Kier alpha value is -0.870. The van der Waals surface area contributed by atoms with Gasteiger partial charge in [0.1, 0.15) is 16.8 Å². The van der Waals surface area contributed by atoms with Crippen LogP contribution in [0.15, 0.2) is 6.07 Å². The third kappa shape index (κ3) is 1.96. The van der Waals surface area contributed by atoms with Crippen LogP contribution in [-0.4, -0.2) is 29.1 Å². The predicted molar refractivity (Wildman–Crippen MR) is 56.6 cm³/mol. The summed E-state index contributed by atoms with van der Waals surface area (Å²) in [5.41, 5.74) is 5.82. The SMILES string of the molecule is Cc1nc(Cl)cc(N2CC[C@H](N)C2)n1. The second kappa shape index (κ2) is 3.71. The zero-order valence-electron chi connectivity index (χ0n) is 8.07. The Morgan fingerprint density at radius 1 is 1.57 bits per heavy atom. The summed E-state index contributed by atoms with van der Waals surface area (Å²) in [6.45, 7) is 3.64. The molecule has 2 rings (SSSR count). The number of nitrogens with zero attached hydrogens (tertiary/aromatic N) is 3. The summed E-state index contributed by atoms with van der Waals surface area (Å²) in [7, 11) is 0. The summed E-state index contributed by atoms with van der Waals surface area (Å²) in [5, 5.41) is 0.493. The van der Waals surface area contributed by atoms with E-state index in [1.807, 2.05) is 6.92 Å². The van der Waals surface area contributed by atoms with Gasteiger partial charge in [0.2, 0.25) is 0 Å². The smallest absolute Gasteiger partial charge is 0.134 e. The van der Waals surface area contributed by atoms with Crippen molar-refractivity contribution in [2.75, 3.05) is 18.0 Å². The van der Waals surface area contributed by atoms with Crippen molar-refractivity contribution in [3.05, 3.63) is 17.0 Å². The van der Waals surface area contributed by atoms with Gasteiger partial charge in [0, 0.05) is 25.2 Å². The molecule has 0 spiro atoms. The van der Waals surface area contributed by atoms with E-state index in [1.165, 1.54) is 0 Å². The highest BCUT2D eigenvalue weighted by atomic mass is 35.5. The zero-order valence-corrected chi connectivity index (χ0v) is 8.83. The van der Waals surface area contributed by atoms with E-state index in [-0.39, 0.29) is 6.04 Å². The minimum Gasteiger partial charge on any atom is -0.355 e. The van der Waals surface area contributed by atoms with Gasteiger partial charge in [-0.25, -0.2) is 9.97 Å². The van der Waals surface area contributed by atoms with Gasteiger partial charge in [0.25, 0.3) is 0 Å². The van der Waals surface area contributed by atoms with Crippen LogP contribution in [0.2, 0.25) is 5.15 Å². The fourth-order valence-corrected chi connectivity index (χ4v) is 1.89. The van der Waals surface area contributed by atoms with Crippen LogP contribution < -0.4 is 10.6 Å². The second-order valence-electron chi connectivity index (χ2n) is 3.59. The first-order chi connectivity index (χ1) is 6.65. The average molecular weight is 213 g/mol. The molecule has 0 bridgehead atoms. The lowest BCUT2D eigenvalue weighted by atomic mass is 10.3. The molecule has 1 aromatic heterocycles. The zero-order chi connectivity index (χ0) is 10.1. The first kappa shape index (κ1) is 9.68. The highest BCUT2D eigenvalue weighted by molar-refractivity contribution is 6.29. The Balaban J connectivity index is 2.23. The summed E-state index contributed by atoms with van der Waals surface area (Å²) in [5.74, 6) is 1.59. The molecule has 76 valence electrons. The minimum absolute atomic E-state index is 0.254. The third-order valence-corrected chi connectivity index (χ3v) is 2.54. The van der Waals surface area contributed by atoms with E-state index in [2.05, 4.69) is 14.9 Å². The van der Waals surface area contributed by atoms with Crippen LogP contribution in [0.1, 0.15) is 12.2 Å². The maximum Gasteiger partial charge on any atom is 0.134 e. The fourth-order valence-electron chi connectivity index (χ4n) is 1.67. The maximum atomic E-state index is 5.86. The quantitative estimate of drug-likeness (QED) is 0.705. The Bertz CT molecular complexity index is 321. The van der Waals surface area contributed by atoms with Gasteiger partial charge in [-0.2, -0.15) is 0 Å². The van der Waals surface area contributed by atoms with Gasteiger partial charge in [-0.1, -0.05) is 11.6 Å². The Labute approximate surface area is 88.1 Å². The number of hydrogen-bond donors (Lipinski definition) is 1. The molecular weight excluding hydrogens is 200 g/mol. The standard InChI is InChI=1S/C9H13ClN4/c1-6-12-8(10)4-9(13-6)14-3-2-7(11)5-14/h4,7H,2-3,5,11H2,1H3/t7-/m0/s1. The van der Waals surface area contributed by atoms with Gasteiger partial charge in [-0.3, -0.25) is 0 Å². The first-order valence-corrected chi connectivity index (χ1v) is 5.04. The largest absolute Gasteiger partial charge is 0.355 e. The van der Waals surface area contributed by atoms with Crippen molar-refractivity contribution in [1.29, 1.82) is 0 Å². The number of aromatic nitrogens is 2. The van der Waals surface area contributed by atoms with Gasteiger partial charge < -0.3 is 10.6 Å². The number of anilines is 1. The Morgan fingerprint density at radius 3 is 2.93 bits per heavy atom. The molecule has 4 nitrogen and oxygen atoms in total. The lowest BCUT2D eigenvalue weighted by molar-refractivity contribution is 0.751. The van der Waals surface area contributed by atoms with Crippen LogP contribution in [0.3, 0.4) is 0 Å². The molecule has 2 N–H and O–H groups in total. The van der Waals surface area contributed by atoms with E-state index in [9.17, 15) is 0 Å². The average Bonchev–Trinajstić information content (AvgIpc) is 2.50. The number of rotatable bonds is 1. The summed E-state index contributed by atoms with van der Waals surface area (Å²) in [6.07, 6.45) is 1.01. The van der Waals surface area contributed by atoms with Crippen LogP contribution in [0, 0.1) is 6.92 Å². The van der Waals surface area contributed by atoms with Crippen LogP contribution in [-0.2, 0) is 0 Å². The molecule has 0 unspecified atom stereocenters. The molecule has 0 saturated carbocycles. The molecule has 0 aromatic carbocycles. The predicted octanol–water partition coefficient (Wildman–Crippen LogP) is 0.976. The van der Waals surface area contributed by atoms with Crippen molar-refractivity contribution in [2.45, 2.75) is 19.4 Å². The van der Waals surface area contributed by atoms with Gasteiger partial charge in [0.15, 0.2) is 0 Å². The first-order valence-electron chi connectivity index (χ1n) is 4.67. The molecule has 0 aliphatic carbocycles. The van der Waals surface area contributed by atoms with E-state index in [1.54, 1.807) is 6.07 Å². The molecule has 1 aliphatic rings. The van der Waals surface area contributed by atoms with Gasteiger partial charge in [0.05, 0.1) is 0 Å². The van der Waals surface area contributed by atoms with Gasteiger partial charge >= 0.3 is 0 Å². The van der Waals surface area contributed by atoms with E-state index in [0.717, 1.165) is 25.3 Å². The topological polar surface area (TPSA) is 55.0 Å². The van der Waals surface area contributed by atoms with E-state index in [4.69, 9.17) is 17.3 Å². The molecule has 1 saturated heterocycles. The lowest BCUT2D eigenvalue weighted by Crippen LogP contribution is -2.27. The van der Waals surface area contributed by atoms with E-state index < -0.39 is 0 Å². The van der Waals surface area contributed by atoms with Crippen molar-refractivity contribution < 1.29 is 0 Å². The summed E-state index contributed by atoms with van der Waals surface area (Å²) < 4.78 is 0. The Morgan fingerprint density at radius 2 is 2.36 bits per heavy atom. The van der Waals surface area contributed by atoms with Crippen LogP contribution in [0.4, 0.5) is 5.82 Å². The normalized spacial score (nSPS) is 21.6. The lowest BCUT2D eigenvalue weighted by Gasteiger charge is -2.16. The summed E-state index contributed by atoms with van der Waals surface area (Å²) in [4.78, 5) is 10.5. The third-order valence-electron chi connectivity index (χ3n) is 2.34. The number of halogens is 1. The Kier molecular flexibility index (Phi) is 2.56. The number of aryl methyl sites for hydroxylation is 1. The van der Waals surface area contributed by atoms with E-state index >= 15 is 0 Å². The van der Waals surface area contributed by atoms with Crippen LogP contribution in [0.5, 0.6) is 0 Å². The molecule has 0 amide bonds. The molecule has 2 heterocycles. The van der Waals surface area contributed by atoms with Crippen molar-refractivity contribution in [3.8, 4) is 0 Å². The minimum atomic E-state index is 0.254. The number of nitrogens with two attached hydrogens (primary N) is 1. The van der Waals surface area contributed by atoms with Crippen LogP contribution >= 0.6 is 11.6 Å². The summed E-state index contributed by atoms with van der Waals surface area (Å²) >= 11 is 5.86. The summed E-state index contributed by atoms with van der Waals surface area (Å²) in [6, 6.07) is 2.04. The fraction of sp³-hybridized carbons (Fsp3) is 0.556.